The normalized spacial score (nSPS) is 13.8. The highest BCUT2D eigenvalue weighted by Crippen LogP contribution is 2.18. The summed E-state index contributed by atoms with van der Waals surface area (Å²) in [5.41, 5.74) is 7.83. The quantitative estimate of drug-likeness (QED) is 0.240. The molecule has 10 nitrogen and oxygen atoms in total. The Kier molecular flexibility index (Phi) is 8.25. The summed E-state index contributed by atoms with van der Waals surface area (Å²) in [5.74, 6) is -3.04. The molecule has 1 heterocycles. The van der Waals surface area contributed by atoms with E-state index >= 15 is 0 Å². The van der Waals surface area contributed by atoms with E-state index in [2.05, 4.69) is 33.6 Å². The number of thiol groups is 1. The van der Waals surface area contributed by atoms with Crippen LogP contribution in [0.3, 0.4) is 0 Å². The number of para-hydroxylation sites is 1. The second-order valence-corrected chi connectivity index (χ2v) is 7.12. The first-order valence-electron chi connectivity index (χ1n) is 9.24. The maximum absolute atomic E-state index is 12.5. The number of carboxylic acid groups (broad SMARTS) is 1. The standard InChI is InChI=1S/C19H25N5O5S/c1-10(17(27)22-8-16(25)26)23-19(29)15(9-30)24-18(28)13(20)6-11-7-21-14-5-3-2-4-12(11)14/h2-5,7,10,13,15,21,30H,6,8-9,20H2,1H3,(H,22,27)(H,23,29)(H,24,28)(H,25,26). The predicted molar refractivity (Wildman–Crippen MR) is 114 cm³/mol. The Morgan fingerprint density at radius 3 is 2.50 bits per heavy atom. The van der Waals surface area contributed by atoms with Gasteiger partial charge in [0.15, 0.2) is 0 Å². The molecule has 0 aliphatic rings. The average molecular weight is 436 g/mol. The number of fused-ring (bicyclic) bond motifs is 1. The number of aromatic nitrogens is 1. The molecule has 0 fully saturated rings. The number of aliphatic carboxylic acids is 1. The van der Waals surface area contributed by atoms with Crippen molar-refractivity contribution in [1.29, 1.82) is 0 Å². The zero-order valence-corrected chi connectivity index (χ0v) is 17.2. The van der Waals surface area contributed by atoms with Gasteiger partial charge in [-0.25, -0.2) is 0 Å². The molecule has 7 N–H and O–H groups in total. The van der Waals surface area contributed by atoms with Crippen LogP contribution in [0.5, 0.6) is 0 Å². The van der Waals surface area contributed by atoms with Crippen LogP contribution in [0.15, 0.2) is 30.5 Å². The van der Waals surface area contributed by atoms with Crippen LogP contribution in [0.2, 0.25) is 0 Å². The number of rotatable bonds is 10. The minimum Gasteiger partial charge on any atom is -0.480 e. The summed E-state index contributed by atoms with van der Waals surface area (Å²) in [7, 11) is 0. The molecule has 0 aliphatic carbocycles. The lowest BCUT2D eigenvalue weighted by atomic mass is 10.0. The number of aromatic amines is 1. The number of amides is 3. The molecule has 0 saturated heterocycles. The molecule has 3 unspecified atom stereocenters. The fourth-order valence-electron chi connectivity index (χ4n) is 2.80. The van der Waals surface area contributed by atoms with E-state index in [1.54, 1.807) is 6.20 Å². The van der Waals surface area contributed by atoms with Gasteiger partial charge in [0.25, 0.3) is 0 Å². The number of carboxylic acids is 1. The summed E-state index contributed by atoms with van der Waals surface area (Å²) in [4.78, 5) is 50.2. The summed E-state index contributed by atoms with van der Waals surface area (Å²) in [5, 5.41) is 16.7. The monoisotopic (exact) mass is 435 g/mol. The number of nitrogens with two attached hydrogens (primary N) is 1. The second kappa shape index (κ2) is 10.6. The van der Waals surface area contributed by atoms with E-state index in [9.17, 15) is 19.2 Å². The van der Waals surface area contributed by atoms with Gasteiger partial charge in [-0.2, -0.15) is 12.6 Å². The smallest absolute Gasteiger partial charge is 0.322 e. The van der Waals surface area contributed by atoms with Gasteiger partial charge in [0.1, 0.15) is 18.6 Å². The Hall–Kier alpha value is -3.05. The Balaban J connectivity index is 1.91. The molecule has 0 spiro atoms. The third-order valence-electron chi connectivity index (χ3n) is 4.43. The van der Waals surface area contributed by atoms with Crippen LogP contribution < -0.4 is 21.7 Å². The first-order valence-corrected chi connectivity index (χ1v) is 9.87. The molecule has 0 saturated carbocycles. The topological polar surface area (TPSA) is 166 Å². The van der Waals surface area contributed by atoms with Gasteiger partial charge in [-0.1, -0.05) is 18.2 Å². The molecule has 1 aromatic carbocycles. The lowest BCUT2D eigenvalue weighted by Crippen LogP contribution is -2.56. The molecule has 0 aliphatic heterocycles. The molecule has 1 aromatic heterocycles. The fourth-order valence-corrected chi connectivity index (χ4v) is 3.06. The second-order valence-electron chi connectivity index (χ2n) is 6.76. The van der Waals surface area contributed by atoms with Gasteiger partial charge in [-0.3, -0.25) is 19.2 Å². The van der Waals surface area contributed by atoms with Crippen molar-refractivity contribution in [2.75, 3.05) is 12.3 Å². The number of nitrogens with one attached hydrogen (secondary N) is 4. The van der Waals surface area contributed by atoms with Crippen molar-refractivity contribution >= 4 is 47.2 Å². The Morgan fingerprint density at radius 1 is 1.13 bits per heavy atom. The third kappa shape index (κ3) is 6.22. The predicted octanol–water partition coefficient (Wildman–Crippen LogP) is -0.842. The summed E-state index contributed by atoms with van der Waals surface area (Å²) in [6.45, 7) is 0.837. The maximum atomic E-state index is 12.5. The molecule has 2 aromatic rings. The van der Waals surface area contributed by atoms with E-state index in [0.29, 0.717) is 0 Å². The van der Waals surface area contributed by atoms with Gasteiger partial charge >= 0.3 is 5.97 Å². The number of benzene rings is 1. The van der Waals surface area contributed by atoms with E-state index in [1.807, 2.05) is 24.3 Å². The molecule has 3 amide bonds. The average Bonchev–Trinajstić information content (AvgIpc) is 3.12. The Morgan fingerprint density at radius 2 is 1.83 bits per heavy atom. The number of hydrogen-bond acceptors (Lipinski definition) is 6. The third-order valence-corrected chi connectivity index (χ3v) is 4.80. The summed E-state index contributed by atoms with van der Waals surface area (Å²) in [6.07, 6.45) is 2.06. The molecule has 11 heteroatoms. The molecular formula is C19H25N5O5S. The van der Waals surface area contributed by atoms with Gasteiger partial charge in [0, 0.05) is 22.9 Å². The maximum Gasteiger partial charge on any atom is 0.322 e. The lowest BCUT2D eigenvalue weighted by molar-refractivity contribution is -0.138. The van der Waals surface area contributed by atoms with Crippen molar-refractivity contribution < 1.29 is 24.3 Å². The highest BCUT2D eigenvalue weighted by molar-refractivity contribution is 7.80. The number of hydrogen-bond donors (Lipinski definition) is 7. The highest BCUT2D eigenvalue weighted by atomic mass is 32.1. The Labute approximate surface area is 178 Å². The van der Waals surface area contributed by atoms with Crippen molar-refractivity contribution in [1.82, 2.24) is 20.9 Å². The van der Waals surface area contributed by atoms with Crippen molar-refractivity contribution in [3.8, 4) is 0 Å². The Bertz CT molecular complexity index is 931. The van der Waals surface area contributed by atoms with Gasteiger partial charge in [-0.05, 0) is 25.0 Å². The van der Waals surface area contributed by atoms with Crippen LogP contribution in [0.1, 0.15) is 12.5 Å². The summed E-state index contributed by atoms with van der Waals surface area (Å²) < 4.78 is 0. The van der Waals surface area contributed by atoms with E-state index in [0.717, 1.165) is 16.5 Å². The highest BCUT2D eigenvalue weighted by Gasteiger charge is 2.26. The lowest BCUT2D eigenvalue weighted by Gasteiger charge is -2.21. The molecule has 2 rings (SSSR count). The minimum atomic E-state index is -1.20. The van der Waals surface area contributed by atoms with Crippen LogP contribution in [0.4, 0.5) is 0 Å². The molecule has 30 heavy (non-hydrogen) atoms. The first kappa shape index (κ1) is 23.2. The van der Waals surface area contributed by atoms with Crippen molar-refractivity contribution in [3.63, 3.8) is 0 Å². The molecule has 0 bridgehead atoms. The van der Waals surface area contributed by atoms with Crippen molar-refractivity contribution in [2.45, 2.75) is 31.5 Å². The molecule has 3 atom stereocenters. The van der Waals surface area contributed by atoms with E-state index in [-0.39, 0.29) is 12.2 Å². The van der Waals surface area contributed by atoms with Crippen LogP contribution in [0.25, 0.3) is 10.9 Å². The van der Waals surface area contributed by atoms with Crippen molar-refractivity contribution in [2.24, 2.45) is 5.73 Å². The largest absolute Gasteiger partial charge is 0.480 e. The van der Waals surface area contributed by atoms with Crippen LogP contribution in [-0.4, -0.2) is 64.2 Å². The van der Waals surface area contributed by atoms with E-state index in [1.165, 1.54) is 6.92 Å². The number of H-pyrrole nitrogens is 1. The van der Waals surface area contributed by atoms with Gasteiger partial charge in [-0.15, -0.1) is 0 Å². The van der Waals surface area contributed by atoms with Crippen molar-refractivity contribution in [3.05, 3.63) is 36.0 Å². The van der Waals surface area contributed by atoms with Gasteiger partial charge in [0.2, 0.25) is 17.7 Å². The van der Waals surface area contributed by atoms with Crippen LogP contribution in [-0.2, 0) is 25.6 Å². The SMILES string of the molecule is CC(NC(=O)C(CS)NC(=O)C(N)Cc1c[nH]c2ccccc12)C(=O)NCC(=O)O. The van der Waals surface area contributed by atoms with Gasteiger partial charge < -0.3 is 31.8 Å². The summed E-state index contributed by atoms with van der Waals surface area (Å²) >= 11 is 4.08. The van der Waals surface area contributed by atoms with E-state index in [4.69, 9.17) is 10.8 Å². The fraction of sp³-hybridized carbons (Fsp3) is 0.368. The number of carbonyl (C=O) groups excluding carboxylic acids is 3. The molecule has 162 valence electrons. The van der Waals surface area contributed by atoms with Gasteiger partial charge in [0.05, 0.1) is 6.04 Å². The van der Waals surface area contributed by atoms with Crippen LogP contribution in [0, 0.1) is 0 Å². The zero-order chi connectivity index (χ0) is 22.3. The van der Waals surface area contributed by atoms with E-state index < -0.39 is 48.4 Å². The first-order chi connectivity index (χ1) is 14.2. The minimum absolute atomic E-state index is 0.0131. The molecular weight excluding hydrogens is 410 g/mol. The zero-order valence-electron chi connectivity index (χ0n) is 16.3. The number of carbonyl (C=O) groups is 4. The summed E-state index contributed by atoms with van der Waals surface area (Å²) in [6, 6.07) is 4.73. The van der Waals surface area contributed by atoms with Crippen LogP contribution >= 0.6 is 12.6 Å². The molecule has 0 radical (unpaired) electrons.